The van der Waals surface area contributed by atoms with Crippen LogP contribution in [0.3, 0.4) is 0 Å². The molecular weight excluding hydrogens is 266 g/mol. The summed E-state index contributed by atoms with van der Waals surface area (Å²) < 4.78 is 61.5. The fourth-order valence-corrected chi connectivity index (χ4v) is 0.612. The molecule has 78 valence electrons. The first kappa shape index (κ1) is 29.6. The third-order valence-electron chi connectivity index (χ3n) is 0.194. The smallest absolute Gasteiger partial charge is 0.724 e. The van der Waals surface area contributed by atoms with E-state index in [2.05, 4.69) is 8.67 Å². The van der Waals surface area contributed by atoms with E-state index in [-0.39, 0.29) is 71.4 Å². The van der Waals surface area contributed by atoms with Crippen LogP contribution in [-0.2, 0) is 29.5 Å². The summed E-state index contributed by atoms with van der Waals surface area (Å²) in [5, 5.41) is 0. The van der Waals surface area contributed by atoms with Gasteiger partial charge in [0.25, 0.3) is 0 Å². The third-order valence-corrected chi connectivity index (χ3v) is 0.750. The summed E-state index contributed by atoms with van der Waals surface area (Å²) in [6.45, 7) is 0. The monoisotopic (exact) mass is 272 g/mol. The SMILES string of the molecule is N.N.O=S(=O)([O-])OOS(=O)(=O)[O-].[Na+].[Na+]. The van der Waals surface area contributed by atoms with Crippen molar-refractivity contribution in [3.8, 4) is 0 Å². The molecule has 14 heteroatoms. The molecule has 0 bridgehead atoms. The van der Waals surface area contributed by atoms with E-state index in [1.165, 1.54) is 0 Å². The van der Waals surface area contributed by atoms with Gasteiger partial charge in [0.05, 0.1) is 0 Å². The molecule has 0 unspecified atom stereocenters. The maximum atomic E-state index is 9.37. The second-order valence-corrected chi connectivity index (χ2v) is 2.86. The predicted molar refractivity (Wildman–Crippen MR) is 31.6 cm³/mol. The zero-order valence-electron chi connectivity index (χ0n) is 7.50. The molecule has 0 aliphatic heterocycles. The number of hydrogen-bond donors (Lipinski definition) is 2. The molecule has 0 fully saturated rings. The van der Waals surface area contributed by atoms with Crippen molar-refractivity contribution in [3.63, 3.8) is 0 Å². The molecular formula is H6N2Na2O8S2. The summed E-state index contributed by atoms with van der Waals surface area (Å²) >= 11 is 0. The molecule has 0 spiro atoms. The quantitative estimate of drug-likeness (QED) is 0.163. The molecule has 6 N–H and O–H groups in total. The Morgan fingerprint density at radius 1 is 0.714 bits per heavy atom. The first-order valence-corrected chi connectivity index (χ1v) is 4.17. The van der Waals surface area contributed by atoms with Crippen LogP contribution in [0.1, 0.15) is 0 Å². The first-order valence-electron chi connectivity index (χ1n) is 1.50. The average Bonchev–Trinajstić information content (AvgIpc) is 1.57. The van der Waals surface area contributed by atoms with Crippen LogP contribution < -0.4 is 71.4 Å². The van der Waals surface area contributed by atoms with Crippen molar-refractivity contribution in [2.24, 2.45) is 0 Å². The van der Waals surface area contributed by atoms with Crippen LogP contribution in [0.5, 0.6) is 0 Å². The third kappa shape index (κ3) is 29.2. The van der Waals surface area contributed by atoms with E-state index < -0.39 is 20.8 Å². The topological polar surface area (TPSA) is 203 Å². The number of rotatable bonds is 3. The van der Waals surface area contributed by atoms with Gasteiger partial charge in [-0.2, -0.15) is 0 Å². The van der Waals surface area contributed by atoms with Crippen molar-refractivity contribution in [3.05, 3.63) is 0 Å². The van der Waals surface area contributed by atoms with Gasteiger partial charge in [-0.25, -0.2) is 16.8 Å². The fourth-order valence-electron chi connectivity index (χ4n) is 0.0680. The summed E-state index contributed by atoms with van der Waals surface area (Å²) in [4.78, 5) is 0. The van der Waals surface area contributed by atoms with E-state index >= 15 is 0 Å². The van der Waals surface area contributed by atoms with Gasteiger partial charge in [0.15, 0.2) is 0 Å². The Morgan fingerprint density at radius 2 is 0.857 bits per heavy atom. The van der Waals surface area contributed by atoms with Gasteiger partial charge >= 0.3 is 59.1 Å². The van der Waals surface area contributed by atoms with Gasteiger partial charge in [-0.1, -0.05) is 0 Å². The Balaban J connectivity index is -0.0000000675. The predicted octanol–water partition coefficient (Wildman–Crippen LogP) is -7.81. The van der Waals surface area contributed by atoms with Crippen LogP contribution in [0.25, 0.3) is 0 Å². The van der Waals surface area contributed by atoms with Crippen molar-refractivity contribution in [2.45, 2.75) is 0 Å². The maximum Gasteiger partial charge on any atom is 1.00 e. The van der Waals surface area contributed by atoms with E-state index in [1.807, 2.05) is 0 Å². The zero-order valence-corrected chi connectivity index (χ0v) is 13.1. The Labute approximate surface area is 125 Å². The van der Waals surface area contributed by atoms with Gasteiger partial charge < -0.3 is 21.4 Å². The molecule has 14 heavy (non-hydrogen) atoms. The fraction of sp³-hybridized carbons (Fsp3) is 0. The van der Waals surface area contributed by atoms with Crippen molar-refractivity contribution < 1.29 is 93.7 Å². The molecule has 0 aromatic heterocycles. The van der Waals surface area contributed by atoms with E-state index in [0.29, 0.717) is 0 Å². The second kappa shape index (κ2) is 11.2. The van der Waals surface area contributed by atoms with Crippen molar-refractivity contribution in [1.29, 1.82) is 0 Å². The maximum absolute atomic E-state index is 9.37. The minimum atomic E-state index is -5.31. The molecule has 0 heterocycles. The molecule has 0 aromatic carbocycles. The molecule has 0 atom stereocenters. The molecule has 0 aromatic rings. The van der Waals surface area contributed by atoms with E-state index in [9.17, 15) is 25.9 Å². The van der Waals surface area contributed by atoms with Crippen LogP contribution in [-0.4, -0.2) is 25.9 Å². The van der Waals surface area contributed by atoms with Gasteiger partial charge in [-0.15, -0.1) is 8.67 Å². The molecule has 0 radical (unpaired) electrons. The first-order chi connectivity index (χ1) is 4.21. The molecule has 0 aliphatic carbocycles. The Morgan fingerprint density at radius 3 is 0.929 bits per heavy atom. The minimum absolute atomic E-state index is 0. The van der Waals surface area contributed by atoms with Gasteiger partial charge in [-0.3, -0.25) is 0 Å². The van der Waals surface area contributed by atoms with Gasteiger partial charge in [-0.05, 0) is 0 Å². The molecule has 0 saturated heterocycles. The normalized spacial score (nSPS) is 9.57. The van der Waals surface area contributed by atoms with Crippen molar-refractivity contribution in [1.82, 2.24) is 12.3 Å². The molecule has 0 aliphatic rings. The van der Waals surface area contributed by atoms with Crippen LogP contribution in [0.2, 0.25) is 0 Å². The van der Waals surface area contributed by atoms with Gasteiger partial charge in [0, 0.05) is 0 Å². The standard InChI is InChI=1S/2H3N.2Na.H2O8S2/c;;;;1-9(2,3)7-8-10(4,5)6/h2*1H3;;;(H,1,2,3)(H,4,5,6)/q;;2*+1;/p-2. The summed E-state index contributed by atoms with van der Waals surface area (Å²) in [6.07, 6.45) is 0. The van der Waals surface area contributed by atoms with Crippen LogP contribution >= 0.6 is 0 Å². The van der Waals surface area contributed by atoms with Crippen LogP contribution in [0, 0.1) is 0 Å². The summed E-state index contributed by atoms with van der Waals surface area (Å²) in [6, 6.07) is 0. The summed E-state index contributed by atoms with van der Waals surface area (Å²) in [5.74, 6) is 0. The Hall–Kier alpha value is 1.66. The zero-order chi connectivity index (χ0) is 8.41. The molecule has 0 saturated carbocycles. The van der Waals surface area contributed by atoms with Gasteiger partial charge in [0.1, 0.15) is 0 Å². The van der Waals surface area contributed by atoms with E-state index in [4.69, 9.17) is 0 Å². The summed E-state index contributed by atoms with van der Waals surface area (Å²) in [5.41, 5.74) is 0. The van der Waals surface area contributed by atoms with Crippen molar-refractivity contribution in [2.75, 3.05) is 0 Å². The van der Waals surface area contributed by atoms with E-state index in [0.717, 1.165) is 0 Å². The Kier molecular flexibility index (Phi) is 23.6. The van der Waals surface area contributed by atoms with Crippen LogP contribution in [0.4, 0.5) is 0 Å². The Bertz CT molecular complexity index is 259. The second-order valence-electron chi connectivity index (χ2n) is 0.953. The molecule has 10 nitrogen and oxygen atoms in total. The summed E-state index contributed by atoms with van der Waals surface area (Å²) in [7, 11) is -10.6. The average molecular weight is 272 g/mol. The molecule has 0 amide bonds. The largest absolute Gasteiger partial charge is 1.00 e. The van der Waals surface area contributed by atoms with Crippen molar-refractivity contribution >= 4 is 20.8 Å². The number of hydrogen-bond acceptors (Lipinski definition) is 10. The van der Waals surface area contributed by atoms with Gasteiger partial charge in [0.2, 0.25) is 20.8 Å². The molecule has 0 rings (SSSR count). The van der Waals surface area contributed by atoms with E-state index in [1.54, 1.807) is 0 Å². The minimum Gasteiger partial charge on any atom is -0.724 e. The van der Waals surface area contributed by atoms with Crippen LogP contribution in [0.15, 0.2) is 0 Å².